The second kappa shape index (κ2) is 7.19. The van der Waals surface area contributed by atoms with Crippen molar-refractivity contribution < 1.29 is 42.1 Å². The Bertz CT molecular complexity index is 542. The molecule has 1 rings (SSSR count). The van der Waals surface area contributed by atoms with Gasteiger partial charge >= 0.3 is 18.2 Å². The molecule has 7 nitrogen and oxygen atoms in total. The molecule has 2 unspecified atom stereocenters. The van der Waals surface area contributed by atoms with Crippen LogP contribution in [0.15, 0.2) is 0 Å². The molecule has 0 saturated carbocycles. The molecule has 1 aliphatic rings. The summed E-state index contributed by atoms with van der Waals surface area (Å²) in [6, 6.07) is -1.20. The topological polar surface area (TPSA) is 93.1 Å². The maximum absolute atomic E-state index is 13.1. The lowest BCUT2D eigenvalue weighted by atomic mass is 9.92. The highest BCUT2D eigenvalue weighted by Crippen LogP contribution is 2.36. The summed E-state index contributed by atoms with van der Waals surface area (Å²) in [4.78, 5) is 36.8. The van der Waals surface area contributed by atoms with Crippen LogP contribution in [0.1, 0.15) is 40.0 Å². The quantitative estimate of drug-likeness (QED) is 0.760. The van der Waals surface area contributed by atoms with Crippen LogP contribution in [-0.2, 0) is 19.1 Å². The van der Waals surface area contributed by atoms with Crippen molar-refractivity contribution in [1.82, 2.24) is 4.90 Å². The van der Waals surface area contributed by atoms with Crippen LogP contribution in [0, 0.1) is 0 Å². The summed E-state index contributed by atoms with van der Waals surface area (Å²) in [7, 11) is 0.673. The number of amides is 1. The van der Waals surface area contributed by atoms with Crippen LogP contribution in [0.4, 0.5) is 18.0 Å². The highest BCUT2D eigenvalue weighted by Gasteiger charge is 2.62. The summed E-state index contributed by atoms with van der Waals surface area (Å²) < 4.78 is 48.3. The molecule has 1 heterocycles. The van der Waals surface area contributed by atoms with E-state index < -0.39 is 47.7 Å². The molecule has 0 radical (unpaired) electrons. The third-order valence-corrected chi connectivity index (χ3v) is 3.67. The molecule has 1 fully saturated rings. The molecule has 0 aromatic heterocycles. The van der Waals surface area contributed by atoms with Gasteiger partial charge in [-0.1, -0.05) is 0 Å². The SMILES string of the molecule is COC(=O)C(O)(CC(=O)C1CCCN1C(=O)OC(C)(C)C)C(F)(F)F. The number of carbonyl (C=O) groups excluding carboxylic acids is 3. The minimum Gasteiger partial charge on any atom is -0.467 e. The molecule has 0 aliphatic carbocycles. The molecular formula is C15H22F3NO6. The number of methoxy groups -OCH3 is 1. The Morgan fingerprint density at radius 2 is 1.76 bits per heavy atom. The molecule has 1 amide bonds. The number of ketones is 1. The van der Waals surface area contributed by atoms with Crippen molar-refractivity contribution in [2.75, 3.05) is 13.7 Å². The van der Waals surface area contributed by atoms with Crippen LogP contribution in [0.25, 0.3) is 0 Å². The predicted molar refractivity (Wildman–Crippen MR) is 78.6 cm³/mol. The Labute approximate surface area is 143 Å². The van der Waals surface area contributed by atoms with E-state index in [0.29, 0.717) is 13.5 Å². The molecule has 1 aliphatic heterocycles. The molecule has 2 atom stereocenters. The zero-order valence-electron chi connectivity index (χ0n) is 14.5. The van der Waals surface area contributed by atoms with Crippen molar-refractivity contribution in [3.8, 4) is 0 Å². The molecular weight excluding hydrogens is 347 g/mol. The number of Topliss-reactive ketones (excluding diaryl/α,β-unsaturated/α-hetero) is 1. The molecule has 0 bridgehead atoms. The second-order valence-electron chi connectivity index (χ2n) is 6.82. The Balaban J connectivity index is 2.97. The van der Waals surface area contributed by atoms with Gasteiger partial charge in [-0.15, -0.1) is 0 Å². The van der Waals surface area contributed by atoms with Crippen molar-refractivity contribution in [1.29, 1.82) is 0 Å². The highest BCUT2D eigenvalue weighted by atomic mass is 19.4. The van der Waals surface area contributed by atoms with Gasteiger partial charge in [0.25, 0.3) is 5.60 Å². The van der Waals surface area contributed by atoms with Gasteiger partial charge in [-0.3, -0.25) is 9.69 Å². The van der Waals surface area contributed by atoms with Crippen LogP contribution in [-0.4, -0.2) is 64.9 Å². The maximum atomic E-state index is 13.1. The Kier molecular flexibility index (Phi) is 6.09. The zero-order chi connectivity index (χ0) is 19.6. The number of rotatable bonds is 4. The van der Waals surface area contributed by atoms with Crippen molar-refractivity contribution in [2.24, 2.45) is 0 Å². The first kappa shape index (κ1) is 21.2. The smallest absolute Gasteiger partial charge is 0.428 e. The van der Waals surface area contributed by atoms with E-state index in [-0.39, 0.29) is 13.0 Å². The van der Waals surface area contributed by atoms with Crippen molar-refractivity contribution in [3.05, 3.63) is 0 Å². The number of hydrogen-bond acceptors (Lipinski definition) is 6. The van der Waals surface area contributed by atoms with E-state index in [9.17, 15) is 32.7 Å². The molecule has 1 saturated heterocycles. The minimum atomic E-state index is -5.40. The number of hydrogen-bond donors (Lipinski definition) is 1. The van der Waals surface area contributed by atoms with Crippen LogP contribution in [0.2, 0.25) is 0 Å². The molecule has 1 N–H and O–H groups in total. The van der Waals surface area contributed by atoms with Gasteiger partial charge in [0.05, 0.1) is 19.6 Å². The first-order chi connectivity index (χ1) is 11.2. The van der Waals surface area contributed by atoms with E-state index in [2.05, 4.69) is 4.74 Å². The Hall–Kier alpha value is -1.84. The second-order valence-corrected chi connectivity index (χ2v) is 6.82. The first-order valence-electron chi connectivity index (χ1n) is 7.63. The van der Waals surface area contributed by atoms with Crippen LogP contribution in [0.5, 0.6) is 0 Å². The van der Waals surface area contributed by atoms with Crippen LogP contribution < -0.4 is 0 Å². The zero-order valence-corrected chi connectivity index (χ0v) is 14.5. The van der Waals surface area contributed by atoms with Crippen molar-refractivity contribution >= 4 is 17.8 Å². The number of nitrogens with zero attached hydrogens (tertiary/aromatic N) is 1. The lowest BCUT2D eigenvalue weighted by molar-refractivity contribution is -0.262. The van der Waals surface area contributed by atoms with Gasteiger partial charge in [-0.2, -0.15) is 13.2 Å². The van der Waals surface area contributed by atoms with E-state index in [1.165, 1.54) is 0 Å². The number of ether oxygens (including phenoxy) is 2. The summed E-state index contributed by atoms with van der Waals surface area (Å²) in [6.45, 7) is 4.96. The lowest BCUT2D eigenvalue weighted by Crippen LogP contribution is -2.56. The molecule has 0 aromatic rings. The third kappa shape index (κ3) is 4.83. The number of halogens is 3. The summed E-state index contributed by atoms with van der Waals surface area (Å²) in [6.07, 6.45) is -7.26. The van der Waals surface area contributed by atoms with E-state index in [1.807, 2.05) is 0 Å². The number of carbonyl (C=O) groups is 3. The third-order valence-electron chi connectivity index (χ3n) is 3.67. The highest BCUT2D eigenvalue weighted by molar-refractivity contribution is 5.94. The number of likely N-dealkylation sites (tertiary alicyclic amines) is 1. The standard InChI is InChI=1S/C15H22F3NO6/c1-13(2,3)25-12(22)19-7-5-6-9(19)10(20)8-14(23,11(21)24-4)15(16,17)18/h9,23H,5-8H2,1-4H3. The van der Waals surface area contributed by atoms with Gasteiger partial charge in [-0.25, -0.2) is 9.59 Å². The van der Waals surface area contributed by atoms with E-state index in [0.717, 1.165) is 4.90 Å². The fraction of sp³-hybridized carbons (Fsp3) is 0.800. The molecule has 10 heteroatoms. The van der Waals surface area contributed by atoms with Gasteiger partial charge in [0.1, 0.15) is 5.60 Å². The van der Waals surface area contributed by atoms with Crippen molar-refractivity contribution in [2.45, 2.75) is 63.5 Å². The van der Waals surface area contributed by atoms with Crippen LogP contribution in [0.3, 0.4) is 0 Å². The van der Waals surface area contributed by atoms with E-state index in [1.54, 1.807) is 20.8 Å². The average Bonchev–Trinajstić information content (AvgIpc) is 2.92. The maximum Gasteiger partial charge on any atom is 0.428 e. The summed E-state index contributed by atoms with van der Waals surface area (Å²) in [5.74, 6) is -3.07. The summed E-state index contributed by atoms with van der Waals surface area (Å²) >= 11 is 0. The van der Waals surface area contributed by atoms with Crippen molar-refractivity contribution in [3.63, 3.8) is 0 Å². The van der Waals surface area contributed by atoms with E-state index in [4.69, 9.17) is 4.74 Å². The summed E-state index contributed by atoms with van der Waals surface area (Å²) in [5.41, 5.74) is -4.80. The number of alkyl halides is 3. The van der Waals surface area contributed by atoms with Gasteiger partial charge < -0.3 is 14.6 Å². The van der Waals surface area contributed by atoms with Gasteiger partial charge in [0.15, 0.2) is 5.78 Å². The van der Waals surface area contributed by atoms with E-state index >= 15 is 0 Å². The Morgan fingerprint density at radius 1 is 1.20 bits per heavy atom. The van der Waals surface area contributed by atoms with Crippen LogP contribution >= 0.6 is 0 Å². The largest absolute Gasteiger partial charge is 0.467 e. The Morgan fingerprint density at radius 3 is 2.20 bits per heavy atom. The van der Waals surface area contributed by atoms with Gasteiger partial charge in [-0.05, 0) is 33.6 Å². The molecule has 25 heavy (non-hydrogen) atoms. The molecule has 144 valence electrons. The minimum absolute atomic E-state index is 0.118. The normalized spacial score (nSPS) is 20.8. The fourth-order valence-corrected chi connectivity index (χ4v) is 2.47. The van der Waals surface area contributed by atoms with Gasteiger partial charge in [0, 0.05) is 6.54 Å². The predicted octanol–water partition coefficient (Wildman–Crippen LogP) is 1.81. The molecule has 0 spiro atoms. The fourth-order valence-electron chi connectivity index (χ4n) is 2.47. The lowest BCUT2D eigenvalue weighted by Gasteiger charge is -2.31. The average molecular weight is 369 g/mol. The number of aliphatic hydroxyl groups is 1. The van der Waals surface area contributed by atoms with Gasteiger partial charge in [0.2, 0.25) is 0 Å². The molecule has 0 aromatic carbocycles. The number of esters is 1. The monoisotopic (exact) mass is 369 g/mol. The first-order valence-corrected chi connectivity index (χ1v) is 7.63. The summed E-state index contributed by atoms with van der Waals surface area (Å²) in [5, 5.41) is 9.70.